The van der Waals surface area contributed by atoms with Gasteiger partial charge in [0.15, 0.2) is 0 Å². The van der Waals surface area contributed by atoms with Crippen LogP contribution in [0, 0.1) is 0 Å². The molecular weight excluding hydrogens is 204 g/mol. The van der Waals surface area contributed by atoms with E-state index in [-0.39, 0.29) is 5.97 Å². The Bertz CT molecular complexity index is 305. The minimum absolute atomic E-state index is 0.270. The summed E-state index contributed by atoms with van der Waals surface area (Å²) in [6.45, 7) is 6.47. The summed E-state index contributed by atoms with van der Waals surface area (Å²) in [6, 6.07) is 0. The highest BCUT2D eigenvalue weighted by atomic mass is 16.5. The number of ether oxygens (including phenoxy) is 2. The van der Waals surface area contributed by atoms with Crippen LogP contribution in [0.5, 0.6) is 0 Å². The Kier molecular flexibility index (Phi) is 5.40. The van der Waals surface area contributed by atoms with Crippen molar-refractivity contribution < 1.29 is 14.3 Å². The summed E-state index contributed by atoms with van der Waals surface area (Å²) in [4.78, 5) is 11.7. The predicted molar refractivity (Wildman–Crippen MR) is 62.8 cm³/mol. The standard InChI is InChI=1S/C13H18O3/c1-3-5-6-8-11(13(14)15-4-2)12-9-7-10-16-12/h3,5-6H,1,4,7-10H2,2H3/b6-5+,12-11+. The maximum Gasteiger partial charge on any atom is 0.337 e. The lowest BCUT2D eigenvalue weighted by atomic mass is 10.1. The summed E-state index contributed by atoms with van der Waals surface area (Å²) >= 11 is 0. The van der Waals surface area contributed by atoms with Crippen LogP contribution in [-0.4, -0.2) is 19.2 Å². The molecule has 1 rings (SSSR count). The largest absolute Gasteiger partial charge is 0.497 e. The summed E-state index contributed by atoms with van der Waals surface area (Å²) in [7, 11) is 0. The normalized spacial score (nSPS) is 18.3. The van der Waals surface area contributed by atoms with Crippen LogP contribution in [0.4, 0.5) is 0 Å². The van der Waals surface area contributed by atoms with Crippen molar-refractivity contribution in [3.05, 3.63) is 36.1 Å². The lowest BCUT2D eigenvalue weighted by molar-refractivity contribution is -0.138. The number of hydrogen-bond acceptors (Lipinski definition) is 3. The summed E-state index contributed by atoms with van der Waals surface area (Å²) in [5.74, 6) is 0.514. The van der Waals surface area contributed by atoms with Gasteiger partial charge >= 0.3 is 5.97 Å². The highest BCUT2D eigenvalue weighted by Crippen LogP contribution is 2.23. The molecule has 0 spiro atoms. The van der Waals surface area contributed by atoms with Gasteiger partial charge < -0.3 is 9.47 Å². The van der Waals surface area contributed by atoms with E-state index in [2.05, 4.69) is 6.58 Å². The molecule has 0 aromatic carbocycles. The third-order valence-corrected chi connectivity index (χ3v) is 2.28. The molecule has 0 amide bonds. The first-order valence-corrected chi connectivity index (χ1v) is 5.59. The number of allylic oxidation sites excluding steroid dienone is 4. The molecule has 1 aliphatic rings. The molecule has 0 bridgehead atoms. The fourth-order valence-corrected chi connectivity index (χ4v) is 1.55. The number of hydrogen-bond donors (Lipinski definition) is 0. The molecule has 1 heterocycles. The predicted octanol–water partition coefficient (Wildman–Crippen LogP) is 2.75. The quantitative estimate of drug-likeness (QED) is 0.407. The molecule has 1 aliphatic heterocycles. The number of carbonyl (C=O) groups is 1. The molecular formula is C13H18O3. The Hall–Kier alpha value is -1.51. The van der Waals surface area contributed by atoms with Crippen LogP contribution in [0.3, 0.4) is 0 Å². The van der Waals surface area contributed by atoms with Gasteiger partial charge in [-0.2, -0.15) is 0 Å². The van der Waals surface area contributed by atoms with Crippen molar-refractivity contribution in [2.24, 2.45) is 0 Å². The highest BCUT2D eigenvalue weighted by molar-refractivity contribution is 5.89. The van der Waals surface area contributed by atoms with Crippen molar-refractivity contribution in [3.8, 4) is 0 Å². The van der Waals surface area contributed by atoms with Gasteiger partial charge in [0.1, 0.15) is 5.76 Å². The van der Waals surface area contributed by atoms with Crippen molar-refractivity contribution >= 4 is 5.97 Å². The summed E-state index contributed by atoms with van der Waals surface area (Å²) < 4.78 is 10.4. The van der Waals surface area contributed by atoms with Gasteiger partial charge in [0.25, 0.3) is 0 Å². The fourth-order valence-electron chi connectivity index (χ4n) is 1.55. The van der Waals surface area contributed by atoms with Crippen molar-refractivity contribution in [2.75, 3.05) is 13.2 Å². The summed E-state index contributed by atoms with van der Waals surface area (Å²) in [5.41, 5.74) is 0.637. The smallest absolute Gasteiger partial charge is 0.337 e. The lowest BCUT2D eigenvalue weighted by Crippen LogP contribution is -2.09. The molecule has 0 aromatic heterocycles. The Morgan fingerprint density at radius 3 is 3.00 bits per heavy atom. The second kappa shape index (κ2) is 6.88. The molecule has 3 heteroatoms. The SMILES string of the molecule is C=C/C=C/C/C(C(=O)OCC)=C1/CCCO1. The van der Waals surface area contributed by atoms with Crippen LogP contribution in [0.1, 0.15) is 26.2 Å². The van der Waals surface area contributed by atoms with Crippen LogP contribution in [0.2, 0.25) is 0 Å². The van der Waals surface area contributed by atoms with Crippen LogP contribution in [0.25, 0.3) is 0 Å². The van der Waals surface area contributed by atoms with Crippen LogP contribution >= 0.6 is 0 Å². The van der Waals surface area contributed by atoms with Gasteiger partial charge in [-0.15, -0.1) is 0 Å². The van der Waals surface area contributed by atoms with E-state index in [0.717, 1.165) is 18.6 Å². The first-order chi connectivity index (χ1) is 7.79. The van der Waals surface area contributed by atoms with Crippen LogP contribution < -0.4 is 0 Å². The minimum Gasteiger partial charge on any atom is -0.497 e. The molecule has 16 heavy (non-hydrogen) atoms. The van der Waals surface area contributed by atoms with E-state index < -0.39 is 0 Å². The molecule has 0 radical (unpaired) electrons. The Morgan fingerprint density at radius 1 is 1.62 bits per heavy atom. The first kappa shape index (κ1) is 12.6. The zero-order chi connectivity index (χ0) is 11.8. The maximum atomic E-state index is 11.7. The van der Waals surface area contributed by atoms with Gasteiger partial charge in [-0.25, -0.2) is 4.79 Å². The van der Waals surface area contributed by atoms with E-state index >= 15 is 0 Å². The number of esters is 1. The van der Waals surface area contributed by atoms with E-state index in [1.54, 1.807) is 13.0 Å². The zero-order valence-electron chi connectivity index (χ0n) is 9.70. The average Bonchev–Trinajstić information content (AvgIpc) is 2.78. The number of carbonyl (C=O) groups excluding carboxylic acids is 1. The average molecular weight is 222 g/mol. The summed E-state index contributed by atoms with van der Waals surface area (Å²) in [5, 5.41) is 0. The van der Waals surface area contributed by atoms with E-state index in [1.165, 1.54) is 0 Å². The zero-order valence-corrected chi connectivity index (χ0v) is 9.70. The van der Waals surface area contributed by atoms with E-state index in [1.807, 2.05) is 12.2 Å². The van der Waals surface area contributed by atoms with Crippen molar-refractivity contribution in [1.82, 2.24) is 0 Å². The van der Waals surface area contributed by atoms with E-state index in [4.69, 9.17) is 9.47 Å². The van der Waals surface area contributed by atoms with Crippen LogP contribution in [-0.2, 0) is 14.3 Å². The molecule has 88 valence electrons. The molecule has 0 aliphatic carbocycles. The molecule has 3 nitrogen and oxygen atoms in total. The second-order valence-electron chi connectivity index (χ2n) is 3.44. The monoisotopic (exact) mass is 222 g/mol. The van der Waals surface area contributed by atoms with Gasteiger partial charge in [-0.3, -0.25) is 0 Å². The van der Waals surface area contributed by atoms with Gasteiger partial charge in [-0.1, -0.05) is 24.8 Å². The topological polar surface area (TPSA) is 35.5 Å². The summed E-state index contributed by atoms with van der Waals surface area (Å²) in [6.07, 6.45) is 7.73. The molecule has 1 fully saturated rings. The Balaban J connectivity index is 2.75. The van der Waals surface area contributed by atoms with E-state index in [9.17, 15) is 4.79 Å². The number of rotatable bonds is 5. The molecule has 1 saturated heterocycles. The fraction of sp³-hybridized carbons (Fsp3) is 0.462. The lowest BCUT2D eigenvalue weighted by Gasteiger charge is -2.08. The van der Waals surface area contributed by atoms with Gasteiger partial charge in [-0.05, 0) is 13.3 Å². The van der Waals surface area contributed by atoms with E-state index in [0.29, 0.717) is 25.2 Å². The van der Waals surface area contributed by atoms with Gasteiger partial charge in [0, 0.05) is 12.8 Å². The molecule has 0 aromatic rings. The molecule has 0 N–H and O–H groups in total. The Labute approximate surface area is 96.4 Å². The van der Waals surface area contributed by atoms with Crippen molar-refractivity contribution in [3.63, 3.8) is 0 Å². The van der Waals surface area contributed by atoms with Crippen molar-refractivity contribution in [1.29, 1.82) is 0 Å². The van der Waals surface area contributed by atoms with Crippen molar-refractivity contribution in [2.45, 2.75) is 26.2 Å². The second-order valence-corrected chi connectivity index (χ2v) is 3.44. The maximum absolute atomic E-state index is 11.7. The molecule has 0 saturated carbocycles. The van der Waals surface area contributed by atoms with Gasteiger partial charge in [0.2, 0.25) is 0 Å². The minimum atomic E-state index is -0.270. The Morgan fingerprint density at radius 2 is 2.44 bits per heavy atom. The molecule has 0 unspecified atom stereocenters. The van der Waals surface area contributed by atoms with Gasteiger partial charge in [0.05, 0.1) is 18.8 Å². The molecule has 0 atom stereocenters. The first-order valence-electron chi connectivity index (χ1n) is 5.59. The third kappa shape index (κ3) is 3.57. The highest BCUT2D eigenvalue weighted by Gasteiger charge is 2.19. The van der Waals surface area contributed by atoms with Crippen LogP contribution in [0.15, 0.2) is 36.1 Å². The third-order valence-electron chi connectivity index (χ3n) is 2.28.